The van der Waals surface area contributed by atoms with Crippen LogP contribution in [-0.2, 0) is 4.74 Å². The third kappa shape index (κ3) is 4.97. The van der Waals surface area contributed by atoms with Gasteiger partial charge in [0.1, 0.15) is 11.4 Å². The van der Waals surface area contributed by atoms with E-state index in [1.807, 2.05) is 50.3 Å². The lowest BCUT2D eigenvalue weighted by Crippen LogP contribution is -2.56. The van der Waals surface area contributed by atoms with Crippen molar-refractivity contribution in [3.8, 4) is 0 Å². The highest BCUT2D eigenvalue weighted by Gasteiger charge is 2.33. The Bertz CT molecular complexity index is 693. The molecule has 1 aromatic carbocycles. The summed E-state index contributed by atoms with van der Waals surface area (Å²) >= 11 is 7.87. The van der Waals surface area contributed by atoms with Crippen molar-refractivity contribution in [2.24, 2.45) is 0 Å². The second-order valence-corrected chi connectivity index (χ2v) is 8.59. The van der Waals surface area contributed by atoms with Crippen LogP contribution in [0.1, 0.15) is 38.1 Å². The van der Waals surface area contributed by atoms with Gasteiger partial charge in [-0.25, -0.2) is 9.18 Å². The number of benzene rings is 1. The summed E-state index contributed by atoms with van der Waals surface area (Å²) in [5.74, 6) is -0.718. The second-order valence-electron chi connectivity index (χ2n) is 7.02. The first-order chi connectivity index (χ1) is 11.5. The fraction of sp³-hybridized carbons (Fsp3) is 0.529. The van der Waals surface area contributed by atoms with Crippen LogP contribution in [-0.4, -0.2) is 53.1 Å². The molecule has 0 N–H and O–H groups in total. The first-order valence-corrected chi connectivity index (χ1v) is 9.38. The number of hydrogen-bond acceptors (Lipinski definition) is 3. The fourth-order valence-corrected chi connectivity index (χ4v) is 3.29. The van der Waals surface area contributed by atoms with E-state index < -0.39 is 11.4 Å². The highest BCUT2D eigenvalue weighted by atomic mass is 127. The number of ether oxygens (including phenoxy) is 1. The molecule has 25 heavy (non-hydrogen) atoms. The molecule has 0 spiro atoms. The first kappa shape index (κ1) is 20.2. The van der Waals surface area contributed by atoms with Crippen LogP contribution in [0.4, 0.5) is 9.18 Å². The van der Waals surface area contributed by atoms with Crippen LogP contribution in [0.5, 0.6) is 0 Å². The summed E-state index contributed by atoms with van der Waals surface area (Å²) in [6.45, 7) is 8.41. The van der Waals surface area contributed by atoms with Crippen molar-refractivity contribution in [1.82, 2.24) is 9.80 Å². The number of nitrogens with zero attached hydrogens (tertiary/aromatic N) is 2. The monoisotopic (exact) mass is 482 g/mol. The van der Waals surface area contributed by atoms with Gasteiger partial charge in [-0.3, -0.25) is 4.79 Å². The van der Waals surface area contributed by atoms with Gasteiger partial charge in [0, 0.05) is 29.2 Å². The predicted molar refractivity (Wildman–Crippen MR) is 102 cm³/mol. The van der Waals surface area contributed by atoms with E-state index in [1.165, 1.54) is 6.07 Å². The molecule has 0 aromatic heterocycles. The molecule has 138 valence electrons. The lowest BCUT2D eigenvalue weighted by molar-refractivity contribution is 0.00617. The molecule has 2 amide bonds. The van der Waals surface area contributed by atoms with Crippen LogP contribution >= 0.6 is 34.2 Å². The van der Waals surface area contributed by atoms with E-state index in [0.29, 0.717) is 23.2 Å². The quantitative estimate of drug-likeness (QED) is 0.446. The standard InChI is InChI=1S/C17H21ClFIN2O3/c1-10-9-21(16(24)25-17(2,3)4)5-6-22(10)15(23)11-7-14(20)13(19)8-12(11)18/h7-8,10H,5-6,9H2,1-4H3/t10-/m0/s1. The minimum Gasteiger partial charge on any atom is -0.444 e. The molecule has 5 nitrogen and oxygen atoms in total. The van der Waals surface area contributed by atoms with Gasteiger partial charge >= 0.3 is 6.09 Å². The minimum atomic E-state index is -0.564. The Hall–Kier alpha value is -1.09. The Morgan fingerprint density at radius 3 is 2.52 bits per heavy atom. The number of piperazine rings is 1. The Morgan fingerprint density at radius 2 is 1.96 bits per heavy atom. The molecular formula is C17H21ClFIN2O3. The molecule has 0 radical (unpaired) electrons. The summed E-state index contributed by atoms with van der Waals surface area (Å²) in [6, 6.07) is 2.40. The second kappa shape index (κ2) is 7.65. The van der Waals surface area contributed by atoms with Crippen LogP contribution in [0.2, 0.25) is 5.02 Å². The number of amides is 2. The van der Waals surface area contributed by atoms with Gasteiger partial charge in [0.25, 0.3) is 5.91 Å². The Labute approximate surface area is 165 Å². The highest BCUT2D eigenvalue weighted by molar-refractivity contribution is 14.1. The Balaban J connectivity index is 2.10. The predicted octanol–water partition coefficient (Wildman–Crippen LogP) is 4.17. The SMILES string of the molecule is C[C@H]1CN(C(=O)OC(C)(C)C)CCN1C(=O)c1cc(I)c(F)cc1Cl. The van der Waals surface area contributed by atoms with Crippen molar-refractivity contribution in [2.75, 3.05) is 19.6 Å². The smallest absolute Gasteiger partial charge is 0.410 e. The van der Waals surface area contributed by atoms with Gasteiger partial charge in [0.2, 0.25) is 0 Å². The number of rotatable bonds is 1. The summed E-state index contributed by atoms with van der Waals surface area (Å²) in [7, 11) is 0. The summed E-state index contributed by atoms with van der Waals surface area (Å²) in [6.07, 6.45) is -0.388. The number of carbonyl (C=O) groups is 2. The average Bonchev–Trinajstić information content (AvgIpc) is 2.48. The lowest BCUT2D eigenvalue weighted by atomic mass is 10.1. The summed E-state index contributed by atoms with van der Waals surface area (Å²) in [5.41, 5.74) is -0.295. The van der Waals surface area contributed by atoms with Crippen molar-refractivity contribution in [2.45, 2.75) is 39.3 Å². The zero-order valence-corrected chi connectivity index (χ0v) is 17.5. The van der Waals surface area contributed by atoms with Crippen molar-refractivity contribution in [1.29, 1.82) is 0 Å². The third-order valence-corrected chi connectivity index (χ3v) is 4.92. The van der Waals surface area contributed by atoms with Gasteiger partial charge in [-0.05, 0) is 62.4 Å². The van der Waals surface area contributed by atoms with E-state index in [1.54, 1.807) is 9.80 Å². The maximum atomic E-state index is 13.5. The van der Waals surface area contributed by atoms with Crippen molar-refractivity contribution < 1.29 is 18.7 Å². The maximum Gasteiger partial charge on any atom is 0.410 e. The number of carbonyl (C=O) groups excluding carboxylic acids is 2. The molecule has 1 aliphatic rings. The summed E-state index contributed by atoms with van der Waals surface area (Å²) in [5, 5.41) is 0.0877. The van der Waals surface area contributed by atoms with E-state index in [2.05, 4.69) is 0 Å². The normalized spacial score (nSPS) is 18.3. The van der Waals surface area contributed by atoms with E-state index in [-0.39, 0.29) is 28.6 Å². The summed E-state index contributed by atoms with van der Waals surface area (Å²) < 4.78 is 19.3. The zero-order valence-electron chi connectivity index (χ0n) is 14.6. The number of halogens is 3. The summed E-state index contributed by atoms with van der Waals surface area (Å²) in [4.78, 5) is 28.2. The van der Waals surface area contributed by atoms with E-state index in [4.69, 9.17) is 16.3 Å². The van der Waals surface area contributed by atoms with Gasteiger partial charge in [-0.1, -0.05) is 11.6 Å². The fourth-order valence-electron chi connectivity index (χ4n) is 2.59. The molecule has 1 heterocycles. The molecule has 1 atom stereocenters. The molecule has 1 aliphatic heterocycles. The van der Waals surface area contributed by atoms with Crippen LogP contribution in [0.15, 0.2) is 12.1 Å². The molecule has 0 unspecified atom stereocenters. The molecule has 0 bridgehead atoms. The van der Waals surface area contributed by atoms with Gasteiger partial charge < -0.3 is 14.5 Å². The molecule has 1 saturated heterocycles. The third-order valence-electron chi connectivity index (χ3n) is 3.78. The minimum absolute atomic E-state index is 0.0877. The molecular weight excluding hydrogens is 462 g/mol. The van der Waals surface area contributed by atoms with Gasteiger partial charge in [0.05, 0.1) is 10.6 Å². The Morgan fingerprint density at radius 1 is 1.32 bits per heavy atom. The molecule has 0 aliphatic carbocycles. The molecule has 1 aromatic rings. The lowest BCUT2D eigenvalue weighted by Gasteiger charge is -2.40. The van der Waals surface area contributed by atoms with Crippen molar-refractivity contribution >= 4 is 46.2 Å². The molecule has 2 rings (SSSR count). The average molecular weight is 483 g/mol. The first-order valence-electron chi connectivity index (χ1n) is 7.93. The number of hydrogen-bond donors (Lipinski definition) is 0. The maximum absolute atomic E-state index is 13.5. The van der Waals surface area contributed by atoms with Gasteiger partial charge in [0.15, 0.2) is 0 Å². The molecule has 8 heteroatoms. The van der Waals surface area contributed by atoms with Gasteiger partial charge in [-0.15, -0.1) is 0 Å². The van der Waals surface area contributed by atoms with Gasteiger partial charge in [-0.2, -0.15) is 0 Å². The molecule has 0 saturated carbocycles. The van der Waals surface area contributed by atoms with Crippen LogP contribution in [0.25, 0.3) is 0 Å². The van der Waals surface area contributed by atoms with E-state index in [0.717, 1.165) is 6.07 Å². The van der Waals surface area contributed by atoms with E-state index in [9.17, 15) is 14.0 Å². The van der Waals surface area contributed by atoms with Crippen LogP contribution < -0.4 is 0 Å². The van der Waals surface area contributed by atoms with E-state index >= 15 is 0 Å². The van der Waals surface area contributed by atoms with Crippen molar-refractivity contribution in [3.63, 3.8) is 0 Å². The van der Waals surface area contributed by atoms with Crippen LogP contribution in [0, 0.1) is 9.39 Å². The zero-order chi connectivity index (χ0) is 18.9. The van der Waals surface area contributed by atoms with Crippen LogP contribution in [0.3, 0.4) is 0 Å². The van der Waals surface area contributed by atoms with Crippen molar-refractivity contribution in [3.05, 3.63) is 32.1 Å². The molecule has 1 fully saturated rings. The highest BCUT2D eigenvalue weighted by Crippen LogP contribution is 2.25. The largest absolute Gasteiger partial charge is 0.444 e. The Kier molecular flexibility index (Phi) is 6.19. The topological polar surface area (TPSA) is 49.9 Å².